The summed E-state index contributed by atoms with van der Waals surface area (Å²) in [5, 5.41) is 4.63. The third-order valence-electron chi connectivity index (χ3n) is 1.73. The Labute approximate surface area is 64.9 Å². The van der Waals surface area contributed by atoms with Crippen molar-refractivity contribution in [3.8, 4) is 0 Å². The molecule has 1 heterocycles. The summed E-state index contributed by atoms with van der Waals surface area (Å²) in [5.41, 5.74) is 0. The average molecular weight is 155 g/mol. The van der Waals surface area contributed by atoms with Gasteiger partial charge in [-0.15, -0.1) is 17.7 Å². The summed E-state index contributed by atoms with van der Waals surface area (Å²) in [6, 6.07) is 0. The predicted octanol–water partition coefficient (Wildman–Crippen LogP) is 0.981. The van der Waals surface area contributed by atoms with E-state index in [0.717, 1.165) is 5.82 Å². The largest absolute Gasteiger partial charge is 0.252 e. The Morgan fingerprint density at radius 2 is 2.30 bits per heavy atom. The number of hydrogen-bond donors (Lipinski definition) is 1. The zero-order chi connectivity index (χ0) is 7.14. The van der Waals surface area contributed by atoms with Crippen LogP contribution in [0, 0.1) is 0 Å². The van der Waals surface area contributed by atoms with Crippen LogP contribution in [0.3, 0.4) is 0 Å². The van der Waals surface area contributed by atoms with Gasteiger partial charge in [0.2, 0.25) is 5.16 Å². The molecule has 10 heavy (non-hydrogen) atoms. The topological polar surface area (TPSA) is 30.7 Å². The molecule has 1 saturated carbocycles. The molecule has 0 aromatic carbocycles. The second-order valence-electron chi connectivity index (χ2n) is 2.67. The number of aryl methyl sites for hydroxylation is 1. The van der Waals surface area contributed by atoms with Gasteiger partial charge in [-0.1, -0.05) is 0 Å². The van der Waals surface area contributed by atoms with Crippen LogP contribution < -0.4 is 0 Å². The fraction of sp³-hybridized carbons (Fsp3) is 0.667. The Kier molecular flexibility index (Phi) is 1.23. The Balaban J connectivity index is 2.38. The van der Waals surface area contributed by atoms with E-state index in [2.05, 4.69) is 22.7 Å². The van der Waals surface area contributed by atoms with Crippen LogP contribution in [0.2, 0.25) is 0 Å². The number of rotatable bonds is 1. The highest BCUT2D eigenvalue weighted by atomic mass is 32.1. The van der Waals surface area contributed by atoms with Gasteiger partial charge < -0.3 is 0 Å². The van der Waals surface area contributed by atoms with Gasteiger partial charge in [0.25, 0.3) is 0 Å². The minimum atomic E-state index is 0.587. The van der Waals surface area contributed by atoms with Gasteiger partial charge in [-0.05, 0) is 12.8 Å². The van der Waals surface area contributed by atoms with Gasteiger partial charge in [-0.2, -0.15) is 0 Å². The van der Waals surface area contributed by atoms with E-state index in [-0.39, 0.29) is 0 Å². The molecule has 1 fully saturated rings. The first-order valence-electron chi connectivity index (χ1n) is 3.37. The van der Waals surface area contributed by atoms with Crippen LogP contribution in [0.25, 0.3) is 0 Å². The molecule has 2 rings (SSSR count). The third kappa shape index (κ3) is 0.923. The summed E-state index contributed by atoms with van der Waals surface area (Å²) in [6.07, 6.45) is 2.53. The molecule has 54 valence electrons. The van der Waals surface area contributed by atoms with Gasteiger partial charge in [-0.25, -0.2) is 4.98 Å². The molecule has 1 aromatic rings. The summed E-state index contributed by atoms with van der Waals surface area (Å²) in [7, 11) is 1.92. The van der Waals surface area contributed by atoms with E-state index >= 15 is 0 Å². The SMILES string of the molecule is Cn1nc(S)nc1C1CC1. The normalized spacial score (nSPS) is 17.8. The van der Waals surface area contributed by atoms with Gasteiger partial charge >= 0.3 is 0 Å². The van der Waals surface area contributed by atoms with Crippen molar-refractivity contribution in [1.82, 2.24) is 14.8 Å². The van der Waals surface area contributed by atoms with E-state index in [1.165, 1.54) is 12.8 Å². The lowest BCUT2D eigenvalue weighted by molar-refractivity contribution is 0.693. The molecule has 0 amide bonds. The number of aromatic nitrogens is 3. The second-order valence-corrected chi connectivity index (χ2v) is 3.07. The van der Waals surface area contributed by atoms with E-state index in [1.54, 1.807) is 0 Å². The molecule has 1 aliphatic carbocycles. The maximum Gasteiger partial charge on any atom is 0.205 e. The van der Waals surface area contributed by atoms with E-state index in [9.17, 15) is 0 Å². The molecule has 0 spiro atoms. The van der Waals surface area contributed by atoms with Crippen LogP contribution in [0.5, 0.6) is 0 Å². The smallest absolute Gasteiger partial charge is 0.205 e. The van der Waals surface area contributed by atoms with Crippen molar-refractivity contribution in [2.45, 2.75) is 23.9 Å². The standard InChI is InChI=1S/C6H9N3S/c1-9-5(4-2-3-4)7-6(10)8-9/h4H,2-3H2,1H3,(H,8,10). The van der Waals surface area contributed by atoms with Crippen molar-refractivity contribution >= 4 is 12.6 Å². The molecule has 0 N–H and O–H groups in total. The van der Waals surface area contributed by atoms with Gasteiger partial charge in [0.15, 0.2) is 0 Å². The fourth-order valence-corrected chi connectivity index (χ4v) is 1.32. The minimum absolute atomic E-state index is 0.587. The Bertz CT molecular complexity index is 251. The van der Waals surface area contributed by atoms with Crippen LogP contribution in [-0.4, -0.2) is 14.8 Å². The molecular weight excluding hydrogens is 146 g/mol. The molecule has 0 unspecified atom stereocenters. The lowest BCUT2D eigenvalue weighted by Crippen LogP contribution is -1.96. The van der Waals surface area contributed by atoms with Gasteiger partial charge in [0.05, 0.1) is 0 Å². The second kappa shape index (κ2) is 1.99. The summed E-state index contributed by atoms with van der Waals surface area (Å²) < 4.78 is 1.82. The quantitative estimate of drug-likeness (QED) is 0.613. The Morgan fingerprint density at radius 1 is 1.60 bits per heavy atom. The maximum absolute atomic E-state index is 4.19. The van der Waals surface area contributed by atoms with E-state index in [4.69, 9.17) is 0 Å². The van der Waals surface area contributed by atoms with Crippen LogP contribution in [0.1, 0.15) is 24.6 Å². The summed E-state index contributed by atoms with van der Waals surface area (Å²) >= 11 is 4.05. The predicted molar refractivity (Wildman–Crippen MR) is 40.2 cm³/mol. The maximum atomic E-state index is 4.19. The Hall–Kier alpha value is -0.510. The van der Waals surface area contributed by atoms with E-state index in [0.29, 0.717) is 11.1 Å². The highest BCUT2D eigenvalue weighted by Gasteiger charge is 2.28. The summed E-state index contributed by atoms with van der Waals surface area (Å²) in [4.78, 5) is 4.19. The first-order valence-corrected chi connectivity index (χ1v) is 3.82. The highest BCUT2D eigenvalue weighted by molar-refractivity contribution is 7.80. The molecule has 4 heteroatoms. The molecule has 0 radical (unpaired) electrons. The zero-order valence-electron chi connectivity index (χ0n) is 5.78. The van der Waals surface area contributed by atoms with E-state index < -0.39 is 0 Å². The van der Waals surface area contributed by atoms with Crippen LogP contribution in [0.4, 0.5) is 0 Å². The highest BCUT2D eigenvalue weighted by Crippen LogP contribution is 2.38. The van der Waals surface area contributed by atoms with Crippen molar-refractivity contribution in [2.24, 2.45) is 7.05 Å². The van der Waals surface area contributed by atoms with Gasteiger partial charge in [-0.3, -0.25) is 4.68 Å². The van der Waals surface area contributed by atoms with Crippen molar-refractivity contribution in [2.75, 3.05) is 0 Å². The number of thiol groups is 1. The van der Waals surface area contributed by atoms with Crippen LogP contribution in [-0.2, 0) is 7.05 Å². The first kappa shape index (κ1) is 6.22. The van der Waals surface area contributed by atoms with Crippen molar-refractivity contribution in [3.05, 3.63) is 5.82 Å². The zero-order valence-corrected chi connectivity index (χ0v) is 6.67. The molecule has 1 aromatic heterocycles. The lowest BCUT2D eigenvalue weighted by Gasteiger charge is -1.92. The summed E-state index contributed by atoms with van der Waals surface area (Å²) in [5.74, 6) is 1.75. The summed E-state index contributed by atoms with van der Waals surface area (Å²) in [6.45, 7) is 0. The van der Waals surface area contributed by atoms with Crippen LogP contribution >= 0.6 is 12.6 Å². The molecule has 0 bridgehead atoms. The lowest BCUT2D eigenvalue weighted by atomic mass is 10.4. The molecule has 0 aliphatic heterocycles. The van der Waals surface area contributed by atoms with Gasteiger partial charge in [0, 0.05) is 13.0 Å². The van der Waals surface area contributed by atoms with Crippen molar-refractivity contribution in [3.63, 3.8) is 0 Å². The monoisotopic (exact) mass is 155 g/mol. The number of hydrogen-bond acceptors (Lipinski definition) is 3. The Morgan fingerprint density at radius 3 is 2.70 bits per heavy atom. The molecule has 0 saturated heterocycles. The van der Waals surface area contributed by atoms with Crippen molar-refractivity contribution < 1.29 is 0 Å². The molecular formula is C6H9N3S. The molecule has 1 aliphatic rings. The number of nitrogens with zero attached hydrogens (tertiary/aromatic N) is 3. The van der Waals surface area contributed by atoms with Crippen LogP contribution in [0.15, 0.2) is 5.16 Å². The van der Waals surface area contributed by atoms with E-state index in [1.807, 2.05) is 11.7 Å². The van der Waals surface area contributed by atoms with Crippen molar-refractivity contribution in [1.29, 1.82) is 0 Å². The van der Waals surface area contributed by atoms with Gasteiger partial charge in [0.1, 0.15) is 5.82 Å². The average Bonchev–Trinajstić information content (AvgIpc) is 2.61. The fourth-order valence-electron chi connectivity index (χ4n) is 1.08. The minimum Gasteiger partial charge on any atom is -0.252 e. The molecule has 0 atom stereocenters. The first-order chi connectivity index (χ1) is 4.77. The molecule has 3 nitrogen and oxygen atoms in total. The third-order valence-corrected chi connectivity index (χ3v) is 1.92.